The molecule has 0 aliphatic carbocycles. The minimum absolute atomic E-state index is 0.370. The quantitative estimate of drug-likeness (QED) is 0.847. The third-order valence-electron chi connectivity index (χ3n) is 5.51. The summed E-state index contributed by atoms with van der Waals surface area (Å²) < 4.78 is 6.07. The molecule has 3 saturated heterocycles. The summed E-state index contributed by atoms with van der Waals surface area (Å²) in [5.41, 5.74) is 6.07. The highest BCUT2D eigenvalue weighted by Gasteiger charge is 2.37. The van der Waals surface area contributed by atoms with E-state index in [9.17, 15) is 0 Å². The van der Waals surface area contributed by atoms with E-state index in [-0.39, 0.29) is 0 Å². The number of likely N-dealkylation sites (tertiary alicyclic amines) is 2. The van der Waals surface area contributed by atoms with Crippen LogP contribution in [-0.2, 0) is 4.74 Å². The first-order valence-electron chi connectivity index (χ1n) is 8.61. The van der Waals surface area contributed by atoms with Gasteiger partial charge in [-0.25, -0.2) is 0 Å². The topological polar surface area (TPSA) is 41.7 Å². The summed E-state index contributed by atoms with van der Waals surface area (Å²) in [4.78, 5) is 5.33. The molecule has 3 fully saturated rings. The molecule has 0 saturated carbocycles. The first-order chi connectivity index (χ1) is 9.78. The van der Waals surface area contributed by atoms with Crippen LogP contribution in [-0.4, -0.2) is 66.8 Å². The smallest absolute Gasteiger partial charge is 0.0747 e. The number of hydrogen-bond donors (Lipinski definition) is 1. The Morgan fingerprint density at radius 1 is 1.10 bits per heavy atom. The van der Waals surface area contributed by atoms with Crippen molar-refractivity contribution in [3.05, 3.63) is 0 Å². The van der Waals surface area contributed by atoms with Gasteiger partial charge in [-0.3, -0.25) is 9.80 Å². The predicted octanol–water partition coefficient (Wildman–Crippen LogP) is 1.44. The second-order valence-electron chi connectivity index (χ2n) is 6.90. The van der Waals surface area contributed by atoms with E-state index in [0.717, 1.165) is 12.6 Å². The Bertz CT molecular complexity index is 306. The van der Waals surface area contributed by atoms with Gasteiger partial charge in [0.2, 0.25) is 0 Å². The molecule has 0 aromatic heterocycles. The molecule has 0 radical (unpaired) electrons. The lowest BCUT2D eigenvalue weighted by Crippen LogP contribution is -2.49. The lowest BCUT2D eigenvalue weighted by atomic mass is 10.1. The van der Waals surface area contributed by atoms with Crippen LogP contribution in [0.2, 0.25) is 0 Å². The molecule has 4 unspecified atom stereocenters. The fourth-order valence-corrected chi connectivity index (χ4v) is 4.30. The molecule has 3 heterocycles. The zero-order chi connectivity index (χ0) is 13.9. The molecule has 0 bridgehead atoms. The Labute approximate surface area is 123 Å². The highest BCUT2D eigenvalue weighted by atomic mass is 16.5. The summed E-state index contributed by atoms with van der Waals surface area (Å²) in [6.45, 7) is 7.96. The molecule has 3 rings (SSSR count). The maximum Gasteiger partial charge on any atom is 0.0747 e. The molecule has 4 nitrogen and oxygen atoms in total. The van der Waals surface area contributed by atoms with Crippen LogP contribution >= 0.6 is 0 Å². The van der Waals surface area contributed by atoms with Crippen molar-refractivity contribution in [1.82, 2.24) is 9.80 Å². The fraction of sp³-hybridized carbons (Fsp3) is 1.00. The predicted molar refractivity (Wildman–Crippen MR) is 81.8 cm³/mol. The third kappa shape index (κ3) is 3.19. The summed E-state index contributed by atoms with van der Waals surface area (Å²) in [7, 11) is 0. The maximum atomic E-state index is 6.07. The minimum atomic E-state index is 0.370. The van der Waals surface area contributed by atoms with Crippen molar-refractivity contribution in [2.75, 3.05) is 32.7 Å². The number of hydrogen-bond acceptors (Lipinski definition) is 4. The van der Waals surface area contributed by atoms with Gasteiger partial charge in [0.1, 0.15) is 0 Å². The van der Waals surface area contributed by atoms with Crippen molar-refractivity contribution in [1.29, 1.82) is 0 Å². The summed E-state index contributed by atoms with van der Waals surface area (Å²) >= 11 is 0. The van der Waals surface area contributed by atoms with E-state index >= 15 is 0 Å². The van der Waals surface area contributed by atoms with Crippen molar-refractivity contribution >= 4 is 0 Å². The molecule has 3 aliphatic heterocycles. The molecule has 20 heavy (non-hydrogen) atoms. The molecular formula is C16H31N3O. The maximum absolute atomic E-state index is 6.07. The highest BCUT2D eigenvalue weighted by Crippen LogP contribution is 2.28. The van der Waals surface area contributed by atoms with E-state index < -0.39 is 0 Å². The van der Waals surface area contributed by atoms with Crippen LogP contribution in [0.25, 0.3) is 0 Å². The standard InChI is InChI=1S/C16H31N3O/c1-13-5-6-16(20-13)15(11-17)19-10-7-14(12-19)18-8-3-2-4-9-18/h13-16H,2-12,17H2,1H3. The second kappa shape index (κ2) is 6.73. The van der Waals surface area contributed by atoms with Crippen LogP contribution in [0.15, 0.2) is 0 Å². The van der Waals surface area contributed by atoms with E-state index in [2.05, 4.69) is 16.7 Å². The largest absolute Gasteiger partial charge is 0.374 e. The van der Waals surface area contributed by atoms with Crippen LogP contribution in [0.4, 0.5) is 0 Å². The van der Waals surface area contributed by atoms with Gasteiger partial charge >= 0.3 is 0 Å². The number of nitrogens with zero attached hydrogens (tertiary/aromatic N) is 2. The molecule has 3 aliphatic rings. The number of rotatable bonds is 4. The zero-order valence-corrected chi connectivity index (χ0v) is 13.0. The van der Waals surface area contributed by atoms with Crippen LogP contribution in [0.1, 0.15) is 45.4 Å². The van der Waals surface area contributed by atoms with Gasteiger partial charge in [-0.15, -0.1) is 0 Å². The van der Waals surface area contributed by atoms with Gasteiger partial charge in [0.05, 0.1) is 12.2 Å². The monoisotopic (exact) mass is 281 g/mol. The zero-order valence-electron chi connectivity index (χ0n) is 13.0. The van der Waals surface area contributed by atoms with Crippen molar-refractivity contribution in [3.63, 3.8) is 0 Å². The lowest BCUT2D eigenvalue weighted by Gasteiger charge is -2.34. The Morgan fingerprint density at radius 3 is 2.55 bits per heavy atom. The normalized spacial score (nSPS) is 38.4. The molecule has 0 aromatic carbocycles. The van der Waals surface area contributed by atoms with Crippen LogP contribution in [0, 0.1) is 0 Å². The number of piperidine rings is 1. The molecule has 4 heteroatoms. The van der Waals surface area contributed by atoms with Crippen molar-refractivity contribution < 1.29 is 4.74 Å². The van der Waals surface area contributed by atoms with Gasteiger partial charge in [0.25, 0.3) is 0 Å². The van der Waals surface area contributed by atoms with Crippen LogP contribution in [0.5, 0.6) is 0 Å². The molecule has 0 aromatic rings. The Morgan fingerprint density at radius 2 is 1.90 bits per heavy atom. The lowest BCUT2D eigenvalue weighted by molar-refractivity contribution is -0.0000119. The SMILES string of the molecule is CC1CCC(C(CN)N2CCC(N3CCCCC3)C2)O1. The van der Waals surface area contributed by atoms with Gasteiger partial charge in [-0.2, -0.15) is 0 Å². The Hall–Kier alpha value is -0.160. The van der Waals surface area contributed by atoms with Gasteiger partial charge in [0, 0.05) is 31.7 Å². The molecule has 116 valence electrons. The third-order valence-corrected chi connectivity index (χ3v) is 5.51. The summed E-state index contributed by atoms with van der Waals surface area (Å²) in [6, 6.07) is 1.21. The van der Waals surface area contributed by atoms with Crippen LogP contribution < -0.4 is 5.73 Å². The molecule has 0 amide bonds. The van der Waals surface area contributed by atoms with Crippen molar-refractivity contribution in [3.8, 4) is 0 Å². The van der Waals surface area contributed by atoms with Gasteiger partial charge in [0.15, 0.2) is 0 Å². The summed E-state index contributed by atoms with van der Waals surface area (Å²) in [5.74, 6) is 0. The fourth-order valence-electron chi connectivity index (χ4n) is 4.30. The van der Waals surface area contributed by atoms with Crippen LogP contribution in [0.3, 0.4) is 0 Å². The first-order valence-corrected chi connectivity index (χ1v) is 8.61. The van der Waals surface area contributed by atoms with Crippen molar-refractivity contribution in [2.45, 2.75) is 69.7 Å². The van der Waals surface area contributed by atoms with E-state index in [0.29, 0.717) is 18.2 Å². The average molecular weight is 281 g/mol. The van der Waals surface area contributed by atoms with Gasteiger partial charge < -0.3 is 10.5 Å². The molecular weight excluding hydrogens is 250 g/mol. The average Bonchev–Trinajstić information content (AvgIpc) is 3.11. The summed E-state index contributed by atoms with van der Waals surface area (Å²) in [5, 5.41) is 0. The van der Waals surface area contributed by atoms with E-state index in [1.165, 1.54) is 64.7 Å². The van der Waals surface area contributed by atoms with E-state index in [1.54, 1.807) is 0 Å². The summed E-state index contributed by atoms with van der Waals surface area (Å²) in [6.07, 6.45) is 8.70. The highest BCUT2D eigenvalue weighted by molar-refractivity contribution is 4.93. The van der Waals surface area contributed by atoms with Crippen molar-refractivity contribution in [2.24, 2.45) is 5.73 Å². The number of ether oxygens (including phenoxy) is 1. The Kier molecular flexibility index (Phi) is 4.97. The van der Waals surface area contributed by atoms with E-state index in [1.807, 2.05) is 0 Å². The number of nitrogens with two attached hydrogens (primary N) is 1. The second-order valence-corrected chi connectivity index (χ2v) is 6.90. The minimum Gasteiger partial charge on any atom is -0.374 e. The van der Waals surface area contributed by atoms with Gasteiger partial charge in [-0.05, 0) is 52.1 Å². The first kappa shape index (κ1) is 14.8. The molecule has 0 spiro atoms. The molecule has 4 atom stereocenters. The van der Waals surface area contributed by atoms with E-state index in [4.69, 9.17) is 10.5 Å². The van der Waals surface area contributed by atoms with Gasteiger partial charge in [-0.1, -0.05) is 6.42 Å². The Balaban J connectivity index is 1.54. The molecule has 2 N–H and O–H groups in total.